The van der Waals surface area contributed by atoms with Crippen molar-refractivity contribution in [1.29, 1.82) is 0 Å². The molecule has 4 N–H and O–H groups in total. The fourth-order valence-corrected chi connectivity index (χ4v) is 1.13. The van der Waals surface area contributed by atoms with Crippen molar-refractivity contribution in [3.8, 4) is 0 Å². The average Bonchev–Trinajstić information content (AvgIpc) is 2.73. The molecule has 0 spiro atoms. The predicted molar refractivity (Wildman–Crippen MR) is 54.9 cm³/mol. The fourth-order valence-electron chi connectivity index (χ4n) is 1.13. The van der Waals surface area contributed by atoms with Crippen LogP contribution >= 0.6 is 0 Å². The molecule has 0 unspecified atom stereocenters. The number of aromatic amines is 1. The molecule has 0 amide bonds. The number of rotatable bonds is 3. The van der Waals surface area contributed by atoms with Gasteiger partial charge in [0.25, 0.3) is 0 Å². The van der Waals surface area contributed by atoms with Crippen LogP contribution in [0, 0.1) is 6.92 Å². The van der Waals surface area contributed by atoms with Crippen LogP contribution in [-0.4, -0.2) is 25.6 Å². The molecule has 0 bridgehead atoms. The lowest BCUT2D eigenvalue weighted by atomic mass is 10.2. The van der Waals surface area contributed by atoms with Gasteiger partial charge in [-0.1, -0.05) is 5.21 Å². The number of H-pyrrole nitrogens is 1. The van der Waals surface area contributed by atoms with Gasteiger partial charge in [-0.05, 0) is 18.6 Å². The smallest absolute Gasteiger partial charge is 0.193 e. The predicted octanol–water partition coefficient (Wildman–Crippen LogP) is 0.0974. The van der Waals surface area contributed by atoms with Gasteiger partial charge in [0.2, 0.25) is 0 Å². The molecule has 0 fully saturated rings. The minimum absolute atomic E-state index is 0.442. The lowest BCUT2D eigenvalue weighted by molar-refractivity contribution is 0.881. The Labute approximate surface area is 86.1 Å². The number of hydrogen-bond acceptors (Lipinski definition) is 6. The molecule has 2 aromatic rings. The van der Waals surface area contributed by atoms with Crippen molar-refractivity contribution >= 4 is 11.5 Å². The highest BCUT2D eigenvalue weighted by Crippen LogP contribution is 2.18. The highest BCUT2D eigenvalue weighted by atomic mass is 15.5. The van der Waals surface area contributed by atoms with Crippen molar-refractivity contribution in [2.24, 2.45) is 0 Å². The second kappa shape index (κ2) is 3.91. The van der Waals surface area contributed by atoms with Crippen LogP contribution in [0.2, 0.25) is 0 Å². The molecule has 0 radical (unpaired) electrons. The first-order chi connectivity index (χ1) is 7.27. The summed E-state index contributed by atoms with van der Waals surface area (Å²) < 4.78 is 0. The van der Waals surface area contributed by atoms with Gasteiger partial charge in [0.05, 0.1) is 12.2 Å². The van der Waals surface area contributed by atoms with E-state index < -0.39 is 0 Å². The van der Waals surface area contributed by atoms with Crippen LogP contribution in [0.15, 0.2) is 12.3 Å². The number of pyridine rings is 1. The maximum absolute atomic E-state index is 5.83. The van der Waals surface area contributed by atoms with Gasteiger partial charge in [0.15, 0.2) is 5.82 Å². The first-order valence-electron chi connectivity index (χ1n) is 4.44. The Bertz CT molecular complexity index is 436. The molecule has 7 heteroatoms. The fraction of sp³-hybridized carbons (Fsp3) is 0.250. The van der Waals surface area contributed by atoms with Crippen molar-refractivity contribution in [3.63, 3.8) is 0 Å². The molecule has 78 valence electrons. The summed E-state index contributed by atoms with van der Waals surface area (Å²) in [6, 6.07) is 1.86. The standard InChI is InChI=1S/C8H11N7/c1-5-2-3-10-8(7(5)9)11-4-6-12-14-15-13-6/h2-3H,4,9H2,1H3,(H,10,11)(H,12,13,14,15). The topological polar surface area (TPSA) is 105 Å². The molecule has 0 saturated carbocycles. The first-order valence-corrected chi connectivity index (χ1v) is 4.44. The van der Waals surface area contributed by atoms with Crippen molar-refractivity contribution in [3.05, 3.63) is 23.7 Å². The SMILES string of the molecule is Cc1ccnc(NCc2nn[nH]n2)c1N. The second-order valence-corrected chi connectivity index (χ2v) is 3.07. The van der Waals surface area contributed by atoms with E-state index in [4.69, 9.17) is 5.73 Å². The zero-order valence-electron chi connectivity index (χ0n) is 8.23. The maximum atomic E-state index is 5.83. The summed E-state index contributed by atoms with van der Waals surface area (Å²) in [6.45, 7) is 2.37. The largest absolute Gasteiger partial charge is 0.396 e. The minimum atomic E-state index is 0.442. The van der Waals surface area contributed by atoms with Crippen LogP contribution in [0.4, 0.5) is 11.5 Å². The van der Waals surface area contributed by atoms with Gasteiger partial charge in [0.1, 0.15) is 5.82 Å². The van der Waals surface area contributed by atoms with Crippen molar-refractivity contribution in [1.82, 2.24) is 25.6 Å². The quantitative estimate of drug-likeness (QED) is 0.656. The third-order valence-electron chi connectivity index (χ3n) is 2.01. The lowest BCUT2D eigenvalue weighted by Gasteiger charge is -2.07. The molecular weight excluding hydrogens is 194 g/mol. The summed E-state index contributed by atoms with van der Waals surface area (Å²) in [5, 5.41) is 16.5. The Kier molecular flexibility index (Phi) is 2.44. The van der Waals surface area contributed by atoms with E-state index in [1.165, 1.54) is 0 Å². The molecule has 0 atom stereocenters. The van der Waals surface area contributed by atoms with Gasteiger partial charge in [-0.25, -0.2) is 4.98 Å². The van der Waals surface area contributed by atoms with Crippen LogP contribution < -0.4 is 11.1 Å². The number of nitrogen functional groups attached to an aromatic ring is 1. The van der Waals surface area contributed by atoms with Crippen LogP contribution in [0.25, 0.3) is 0 Å². The summed E-state index contributed by atoms with van der Waals surface area (Å²) in [4.78, 5) is 4.12. The molecule has 7 nitrogen and oxygen atoms in total. The van der Waals surface area contributed by atoms with E-state index in [1.807, 2.05) is 13.0 Å². The molecule has 2 rings (SSSR count). The van der Waals surface area contributed by atoms with E-state index in [1.54, 1.807) is 6.20 Å². The number of aryl methyl sites for hydroxylation is 1. The molecule has 15 heavy (non-hydrogen) atoms. The monoisotopic (exact) mass is 205 g/mol. The van der Waals surface area contributed by atoms with Crippen LogP contribution in [-0.2, 0) is 6.54 Å². The molecule has 0 aliphatic carbocycles. The van der Waals surface area contributed by atoms with Crippen molar-refractivity contribution in [2.75, 3.05) is 11.1 Å². The first kappa shape index (κ1) is 9.38. The third kappa shape index (κ3) is 2.01. The minimum Gasteiger partial charge on any atom is -0.396 e. The molecular formula is C8H11N7. The molecule has 0 aliphatic rings. The maximum Gasteiger partial charge on any atom is 0.193 e. The zero-order valence-corrected chi connectivity index (χ0v) is 8.23. The summed E-state index contributed by atoms with van der Waals surface area (Å²) in [5.41, 5.74) is 7.46. The van der Waals surface area contributed by atoms with Crippen LogP contribution in [0.1, 0.15) is 11.4 Å². The number of nitrogens with zero attached hydrogens (tertiary/aromatic N) is 4. The molecule has 0 aliphatic heterocycles. The number of aromatic nitrogens is 5. The van der Waals surface area contributed by atoms with Crippen LogP contribution in [0.5, 0.6) is 0 Å². The van der Waals surface area contributed by atoms with E-state index >= 15 is 0 Å². The van der Waals surface area contributed by atoms with E-state index in [-0.39, 0.29) is 0 Å². The Balaban J connectivity index is 2.08. The number of hydrogen-bond donors (Lipinski definition) is 3. The van der Waals surface area contributed by atoms with Gasteiger partial charge in [0, 0.05) is 6.20 Å². The number of anilines is 2. The highest BCUT2D eigenvalue weighted by molar-refractivity contribution is 5.64. The van der Waals surface area contributed by atoms with Gasteiger partial charge in [-0.3, -0.25) is 0 Å². The summed E-state index contributed by atoms with van der Waals surface area (Å²) in [5.74, 6) is 1.21. The van der Waals surface area contributed by atoms with E-state index in [9.17, 15) is 0 Å². The van der Waals surface area contributed by atoms with Gasteiger partial charge < -0.3 is 11.1 Å². The Hall–Kier alpha value is -2.18. The normalized spacial score (nSPS) is 10.2. The lowest BCUT2D eigenvalue weighted by Crippen LogP contribution is -2.06. The molecule has 0 saturated heterocycles. The van der Waals surface area contributed by atoms with Crippen molar-refractivity contribution in [2.45, 2.75) is 13.5 Å². The third-order valence-corrected chi connectivity index (χ3v) is 2.01. The molecule has 0 aromatic carbocycles. The van der Waals surface area contributed by atoms with Crippen molar-refractivity contribution < 1.29 is 0 Å². The Morgan fingerprint density at radius 3 is 3.13 bits per heavy atom. The number of tetrazole rings is 1. The van der Waals surface area contributed by atoms with E-state index in [2.05, 4.69) is 30.9 Å². The van der Waals surface area contributed by atoms with Crippen LogP contribution in [0.3, 0.4) is 0 Å². The molecule has 2 heterocycles. The Morgan fingerprint density at radius 2 is 2.40 bits per heavy atom. The number of nitrogens with two attached hydrogens (primary N) is 1. The Morgan fingerprint density at radius 1 is 1.53 bits per heavy atom. The summed E-state index contributed by atoms with van der Waals surface area (Å²) in [7, 11) is 0. The second-order valence-electron chi connectivity index (χ2n) is 3.07. The highest BCUT2D eigenvalue weighted by Gasteiger charge is 2.04. The van der Waals surface area contributed by atoms with Gasteiger partial charge in [-0.2, -0.15) is 5.21 Å². The summed E-state index contributed by atoms with van der Waals surface area (Å²) in [6.07, 6.45) is 1.70. The van der Waals surface area contributed by atoms with E-state index in [0.29, 0.717) is 23.9 Å². The number of nitrogens with one attached hydrogen (secondary N) is 2. The van der Waals surface area contributed by atoms with Gasteiger partial charge >= 0.3 is 0 Å². The van der Waals surface area contributed by atoms with E-state index in [0.717, 1.165) is 5.56 Å². The zero-order chi connectivity index (χ0) is 10.7. The van der Waals surface area contributed by atoms with Gasteiger partial charge in [-0.15, -0.1) is 10.2 Å². The average molecular weight is 205 g/mol. The summed E-state index contributed by atoms with van der Waals surface area (Å²) >= 11 is 0. The molecule has 2 aromatic heterocycles.